The molecule has 4 N–H and O–H groups in total. The first-order valence-corrected chi connectivity index (χ1v) is 11.1. The number of carbonyl (C=O) groups excluding carboxylic acids is 4. The van der Waals surface area contributed by atoms with Crippen LogP contribution in [0.15, 0.2) is 42.9 Å². The molecule has 180 valence electrons. The average molecular weight is 468 g/mol. The summed E-state index contributed by atoms with van der Waals surface area (Å²) < 4.78 is 0. The average Bonchev–Trinajstić information content (AvgIpc) is 2.84. The second-order valence-electron chi connectivity index (χ2n) is 8.16. The van der Waals surface area contributed by atoms with Crippen molar-refractivity contribution in [3.05, 3.63) is 54.1 Å². The molecule has 2 bridgehead atoms. The maximum Gasteiger partial charge on any atom is 0.270 e. The van der Waals surface area contributed by atoms with Crippen LogP contribution in [0.3, 0.4) is 0 Å². The normalized spacial score (nSPS) is 18.3. The number of hydrogen-bond acceptors (Lipinski definition) is 7. The molecule has 0 aliphatic carbocycles. The summed E-state index contributed by atoms with van der Waals surface area (Å²) in [4.78, 5) is 60.4. The quantitative estimate of drug-likeness (QED) is 0.488. The Hall–Kier alpha value is -4.02. The molecular formula is C23H29N7O4. The summed E-state index contributed by atoms with van der Waals surface area (Å²) in [5.74, 6) is -1.72. The molecule has 0 radical (unpaired) electrons. The molecule has 1 aliphatic heterocycles. The Balaban J connectivity index is 1.80. The van der Waals surface area contributed by atoms with E-state index < -0.39 is 11.9 Å². The number of hydrogen-bond donors (Lipinski definition) is 4. The molecule has 0 spiro atoms. The largest absolute Gasteiger partial charge is 0.383 e. The van der Waals surface area contributed by atoms with Crippen molar-refractivity contribution in [3.63, 3.8) is 0 Å². The Morgan fingerprint density at radius 2 is 1.74 bits per heavy atom. The molecular weight excluding hydrogens is 438 g/mol. The van der Waals surface area contributed by atoms with Crippen molar-refractivity contribution in [1.82, 2.24) is 30.8 Å². The van der Waals surface area contributed by atoms with E-state index in [0.717, 1.165) is 0 Å². The van der Waals surface area contributed by atoms with Gasteiger partial charge in [0.1, 0.15) is 11.7 Å². The number of anilines is 1. The fourth-order valence-electron chi connectivity index (χ4n) is 3.41. The number of aromatic nitrogens is 2. The molecule has 11 nitrogen and oxygen atoms in total. The molecule has 11 heteroatoms. The number of rotatable bonds is 2. The van der Waals surface area contributed by atoms with Gasteiger partial charge in [0.05, 0.1) is 6.54 Å². The molecule has 34 heavy (non-hydrogen) atoms. The van der Waals surface area contributed by atoms with Crippen LogP contribution >= 0.6 is 0 Å². The third-order valence-corrected chi connectivity index (χ3v) is 5.23. The lowest BCUT2D eigenvalue weighted by atomic mass is 10.0. The zero-order valence-electron chi connectivity index (χ0n) is 19.2. The van der Waals surface area contributed by atoms with Crippen molar-refractivity contribution in [1.29, 1.82) is 0 Å². The second kappa shape index (κ2) is 11.7. The van der Waals surface area contributed by atoms with Gasteiger partial charge >= 0.3 is 0 Å². The van der Waals surface area contributed by atoms with Gasteiger partial charge in [0.15, 0.2) is 0 Å². The Labute approximate surface area is 197 Å². The van der Waals surface area contributed by atoms with Gasteiger partial charge in [-0.2, -0.15) is 0 Å². The maximum absolute atomic E-state index is 13.0. The van der Waals surface area contributed by atoms with Gasteiger partial charge in [0, 0.05) is 56.0 Å². The minimum absolute atomic E-state index is 0.108. The van der Waals surface area contributed by atoms with Crippen molar-refractivity contribution in [3.8, 4) is 0 Å². The molecule has 0 fully saturated rings. The molecule has 0 aromatic carbocycles. The highest BCUT2D eigenvalue weighted by Crippen LogP contribution is 2.10. The zero-order valence-corrected chi connectivity index (χ0v) is 19.2. The van der Waals surface area contributed by atoms with Crippen molar-refractivity contribution >= 4 is 29.3 Å². The van der Waals surface area contributed by atoms with Crippen LogP contribution in [-0.4, -0.2) is 77.3 Å². The third-order valence-electron chi connectivity index (χ3n) is 5.23. The van der Waals surface area contributed by atoms with Gasteiger partial charge in [-0.15, -0.1) is 0 Å². The standard InChI is InChI=1S/C23H29N7O4/c1-15(2)20-22(33)28-11-12-30(23(34)16-3-6-24-7-4-16)14-19(31)27-10-9-25-17-5-8-26-18(13-17)21(32)29-20/h3-8,13,15,20,25H,9-12,14H2,1-2H3,(H,27,31)(H,28,33)(H,29,32)/t20-/m0/s1. The highest BCUT2D eigenvalue weighted by atomic mass is 16.2. The number of pyridine rings is 2. The molecule has 2 aromatic rings. The number of nitrogens with one attached hydrogen (secondary N) is 4. The number of amides is 4. The monoisotopic (exact) mass is 467 g/mol. The van der Waals surface area contributed by atoms with E-state index in [9.17, 15) is 19.2 Å². The molecule has 0 unspecified atom stereocenters. The summed E-state index contributed by atoms with van der Waals surface area (Å²) in [6.45, 7) is 4.41. The van der Waals surface area contributed by atoms with Gasteiger partial charge in [0.2, 0.25) is 11.8 Å². The van der Waals surface area contributed by atoms with Gasteiger partial charge in [-0.3, -0.25) is 29.1 Å². The van der Waals surface area contributed by atoms with E-state index in [1.54, 1.807) is 24.3 Å². The maximum atomic E-state index is 13.0. The summed E-state index contributed by atoms with van der Waals surface area (Å²) in [6, 6.07) is 5.62. The Morgan fingerprint density at radius 1 is 1.00 bits per heavy atom. The fourth-order valence-corrected chi connectivity index (χ4v) is 3.41. The van der Waals surface area contributed by atoms with E-state index in [2.05, 4.69) is 31.2 Å². The highest BCUT2D eigenvalue weighted by molar-refractivity contribution is 5.97. The van der Waals surface area contributed by atoms with Gasteiger partial charge < -0.3 is 26.2 Å². The number of carbonyl (C=O) groups is 4. The van der Waals surface area contributed by atoms with Crippen LogP contribution in [0, 0.1) is 5.92 Å². The molecule has 1 aliphatic rings. The van der Waals surface area contributed by atoms with Gasteiger partial charge in [-0.05, 0) is 30.2 Å². The topological polar surface area (TPSA) is 145 Å². The summed E-state index contributed by atoms with van der Waals surface area (Å²) in [6.07, 6.45) is 4.50. The SMILES string of the molecule is CC(C)[C@@H]1NC(=O)c2cc(ccn2)NCCNC(=O)CN(C(=O)c2ccncc2)CCNC1=O. The van der Waals surface area contributed by atoms with E-state index >= 15 is 0 Å². The summed E-state index contributed by atoms with van der Waals surface area (Å²) in [5.41, 5.74) is 1.21. The summed E-state index contributed by atoms with van der Waals surface area (Å²) >= 11 is 0. The van der Waals surface area contributed by atoms with E-state index in [1.807, 2.05) is 13.8 Å². The first-order valence-electron chi connectivity index (χ1n) is 11.1. The minimum Gasteiger partial charge on any atom is -0.383 e. The molecule has 3 rings (SSSR count). The predicted molar refractivity (Wildman–Crippen MR) is 125 cm³/mol. The first kappa shape index (κ1) is 24.6. The molecule has 0 saturated carbocycles. The van der Waals surface area contributed by atoms with Crippen LogP contribution in [0.5, 0.6) is 0 Å². The van der Waals surface area contributed by atoms with Crippen molar-refractivity contribution < 1.29 is 19.2 Å². The summed E-state index contributed by atoms with van der Waals surface area (Å²) in [7, 11) is 0. The van der Waals surface area contributed by atoms with E-state index in [1.165, 1.54) is 23.5 Å². The Kier molecular flexibility index (Phi) is 8.49. The van der Waals surface area contributed by atoms with E-state index in [4.69, 9.17) is 0 Å². The number of fused-ring (bicyclic) bond motifs is 2. The van der Waals surface area contributed by atoms with Crippen molar-refractivity contribution in [2.75, 3.05) is 38.0 Å². The second-order valence-corrected chi connectivity index (χ2v) is 8.16. The minimum atomic E-state index is -0.797. The van der Waals surface area contributed by atoms with Crippen molar-refractivity contribution in [2.24, 2.45) is 5.92 Å². The summed E-state index contributed by atoms with van der Waals surface area (Å²) in [5, 5.41) is 11.4. The first-order chi connectivity index (χ1) is 16.3. The lowest BCUT2D eigenvalue weighted by molar-refractivity contribution is -0.124. The van der Waals surface area contributed by atoms with E-state index in [0.29, 0.717) is 24.3 Å². The third kappa shape index (κ3) is 6.74. The van der Waals surface area contributed by atoms with Gasteiger partial charge in [-0.1, -0.05) is 13.8 Å². The lowest BCUT2D eigenvalue weighted by Crippen LogP contribution is -2.51. The molecule has 0 saturated heterocycles. The van der Waals surface area contributed by atoms with Crippen LogP contribution < -0.4 is 21.3 Å². The molecule has 2 aromatic heterocycles. The van der Waals surface area contributed by atoms with Gasteiger partial charge in [0.25, 0.3) is 11.8 Å². The van der Waals surface area contributed by atoms with Crippen LogP contribution in [0.2, 0.25) is 0 Å². The van der Waals surface area contributed by atoms with Crippen LogP contribution in [0.25, 0.3) is 0 Å². The van der Waals surface area contributed by atoms with E-state index in [-0.39, 0.29) is 49.0 Å². The molecule has 1 atom stereocenters. The fraction of sp³-hybridized carbons (Fsp3) is 0.391. The number of nitrogens with zero attached hydrogens (tertiary/aromatic N) is 3. The zero-order chi connectivity index (χ0) is 24.5. The van der Waals surface area contributed by atoms with Crippen molar-refractivity contribution in [2.45, 2.75) is 19.9 Å². The smallest absolute Gasteiger partial charge is 0.270 e. The molecule has 4 amide bonds. The molecule has 3 heterocycles. The lowest BCUT2D eigenvalue weighted by Gasteiger charge is -2.24. The highest BCUT2D eigenvalue weighted by Gasteiger charge is 2.26. The predicted octanol–water partition coefficient (Wildman–Crippen LogP) is 0.0313. The Bertz CT molecular complexity index is 1030. The Morgan fingerprint density at radius 3 is 2.47 bits per heavy atom. The van der Waals surface area contributed by atoms with Crippen LogP contribution in [0.1, 0.15) is 34.7 Å². The van der Waals surface area contributed by atoms with Crippen LogP contribution in [0.4, 0.5) is 5.69 Å². The van der Waals surface area contributed by atoms with Gasteiger partial charge in [-0.25, -0.2) is 0 Å². The van der Waals surface area contributed by atoms with Crippen LogP contribution in [-0.2, 0) is 9.59 Å².